The maximum atomic E-state index is 12.3. The second-order valence-corrected chi connectivity index (χ2v) is 8.43. The number of nitrogens with one attached hydrogen (secondary N) is 1. The van der Waals surface area contributed by atoms with Gasteiger partial charge in [0.05, 0.1) is 19.4 Å². The molecular formula is C27H33N5O3. The predicted octanol–water partition coefficient (Wildman–Crippen LogP) is 3.74. The fourth-order valence-electron chi connectivity index (χ4n) is 4.30. The van der Waals surface area contributed by atoms with Gasteiger partial charge in [-0.05, 0) is 24.6 Å². The van der Waals surface area contributed by atoms with E-state index in [4.69, 9.17) is 19.4 Å². The number of aromatic nitrogens is 2. The molecule has 8 nitrogen and oxygen atoms in total. The molecule has 184 valence electrons. The molecule has 0 aliphatic carbocycles. The van der Waals surface area contributed by atoms with Crippen LogP contribution in [0.15, 0.2) is 54.6 Å². The highest BCUT2D eigenvalue weighted by Crippen LogP contribution is 2.30. The summed E-state index contributed by atoms with van der Waals surface area (Å²) in [7, 11) is 3.36. The smallest absolute Gasteiger partial charge is 0.317 e. The Morgan fingerprint density at radius 2 is 1.77 bits per heavy atom. The van der Waals surface area contributed by atoms with Crippen molar-refractivity contribution >= 4 is 11.8 Å². The average Bonchev–Trinajstić information content (AvgIpc) is 2.90. The second kappa shape index (κ2) is 11.7. The highest BCUT2D eigenvalue weighted by atomic mass is 16.5. The van der Waals surface area contributed by atoms with Crippen molar-refractivity contribution in [3.05, 3.63) is 71.4 Å². The van der Waals surface area contributed by atoms with Crippen LogP contribution in [0, 0.1) is 0 Å². The topological polar surface area (TPSA) is 79.8 Å². The van der Waals surface area contributed by atoms with Crippen LogP contribution in [-0.4, -0.2) is 67.8 Å². The monoisotopic (exact) mass is 475 g/mol. The number of nitrogens with zero attached hydrogens (tertiary/aromatic N) is 4. The molecule has 35 heavy (non-hydrogen) atoms. The molecule has 0 unspecified atom stereocenters. The minimum absolute atomic E-state index is 0.0171. The normalized spacial score (nSPS) is 13.6. The molecule has 2 heterocycles. The molecule has 1 saturated heterocycles. The first-order chi connectivity index (χ1) is 17.1. The third-order valence-electron chi connectivity index (χ3n) is 6.09. The molecule has 8 heteroatoms. The summed E-state index contributed by atoms with van der Waals surface area (Å²) in [5.74, 6) is 2.38. The number of anilines is 1. The van der Waals surface area contributed by atoms with Gasteiger partial charge in [0.2, 0.25) is 0 Å². The van der Waals surface area contributed by atoms with Crippen molar-refractivity contribution in [1.29, 1.82) is 0 Å². The number of hydrogen-bond donors (Lipinski definition) is 1. The lowest BCUT2D eigenvalue weighted by atomic mass is 10.0. The lowest BCUT2D eigenvalue weighted by molar-refractivity contribution is 0.180. The van der Waals surface area contributed by atoms with Crippen molar-refractivity contribution in [3.8, 4) is 17.1 Å². The number of carbonyl (C=O) groups excluding carboxylic acids is 1. The fourth-order valence-corrected chi connectivity index (χ4v) is 4.30. The number of benzene rings is 2. The summed E-state index contributed by atoms with van der Waals surface area (Å²) in [5.41, 5.74) is 3.97. The molecule has 0 saturated carbocycles. The van der Waals surface area contributed by atoms with Gasteiger partial charge in [0, 0.05) is 57.4 Å². The Bertz CT molecular complexity index is 1130. The van der Waals surface area contributed by atoms with Gasteiger partial charge < -0.3 is 24.6 Å². The molecule has 2 aromatic carbocycles. The Balaban J connectivity index is 1.73. The van der Waals surface area contributed by atoms with E-state index in [-0.39, 0.29) is 6.03 Å². The van der Waals surface area contributed by atoms with Gasteiger partial charge in [-0.15, -0.1) is 0 Å². The maximum absolute atomic E-state index is 12.3. The van der Waals surface area contributed by atoms with Gasteiger partial charge >= 0.3 is 6.03 Å². The molecule has 2 amide bonds. The summed E-state index contributed by atoms with van der Waals surface area (Å²) in [6.45, 7) is 5.59. The highest BCUT2D eigenvalue weighted by Gasteiger charge is 2.26. The third-order valence-corrected chi connectivity index (χ3v) is 6.09. The Morgan fingerprint density at radius 1 is 1.00 bits per heavy atom. The summed E-state index contributed by atoms with van der Waals surface area (Å²) in [6, 6.07) is 18.0. The van der Waals surface area contributed by atoms with E-state index in [0.717, 1.165) is 34.0 Å². The molecule has 1 fully saturated rings. The Morgan fingerprint density at radius 3 is 2.46 bits per heavy atom. The number of carbonyl (C=O) groups is 1. The Kier molecular flexibility index (Phi) is 8.15. The SMILES string of the molecule is CCNC(=O)N1CCN(c2nc(-c3ccccc3)nc(COC)c2Cc2cccc(OC)c2)CC1. The Hall–Kier alpha value is -3.65. The van der Waals surface area contributed by atoms with Crippen molar-refractivity contribution in [2.24, 2.45) is 0 Å². The van der Waals surface area contributed by atoms with Crippen LogP contribution in [0.5, 0.6) is 5.75 Å². The molecular weight excluding hydrogens is 442 g/mol. The molecule has 1 aliphatic heterocycles. The number of piperazine rings is 1. The fraction of sp³-hybridized carbons (Fsp3) is 0.370. The minimum atomic E-state index is -0.0171. The first-order valence-corrected chi connectivity index (χ1v) is 12.0. The zero-order valence-electron chi connectivity index (χ0n) is 20.7. The van der Waals surface area contributed by atoms with Crippen LogP contribution in [0.3, 0.4) is 0 Å². The van der Waals surface area contributed by atoms with Gasteiger partial charge in [0.25, 0.3) is 0 Å². The van der Waals surface area contributed by atoms with Crippen molar-refractivity contribution in [3.63, 3.8) is 0 Å². The average molecular weight is 476 g/mol. The van der Waals surface area contributed by atoms with Crippen molar-refractivity contribution in [2.75, 3.05) is 51.8 Å². The highest BCUT2D eigenvalue weighted by molar-refractivity contribution is 5.74. The molecule has 1 N–H and O–H groups in total. The van der Waals surface area contributed by atoms with Gasteiger partial charge in [-0.1, -0.05) is 42.5 Å². The minimum Gasteiger partial charge on any atom is -0.497 e. The Labute approximate surface area is 206 Å². The number of ether oxygens (including phenoxy) is 2. The molecule has 4 rings (SSSR count). The standard InChI is InChI=1S/C27H33N5O3/c1-4-28-27(33)32-15-13-31(14-16-32)26-23(18-20-9-8-12-22(17-20)35-3)24(19-34-2)29-25(30-26)21-10-6-5-7-11-21/h5-12,17H,4,13-16,18-19H2,1-3H3,(H,28,33). The van der Waals surface area contributed by atoms with Gasteiger partial charge in [-0.2, -0.15) is 0 Å². The van der Waals surface area contributed by atoms with Crippen molar-refractivity contribution in [1.82, 2.24) is 20.2 Å². The van der Waals surface area contributed by atoms with E-state index in [2.05, 4.69) is 16.3 Å². The molecule has 0 bridgehead atoms. The van der Waals surface area contributed by atoms with Gasteiger partial charge in [-0.3, -0.25) is 0 Å². The van der Waals surface area contributed by atoms with Crippen molar-refractivity contribution in [2.45, 2.75) is 20.0 Å². The number of methoxy groups -OCH3 is 2. The van der Waals surface area contributed by atoms with Crippen LogP contribution in [0.4, 0.5) is 10.6 Å². The van der Waals surface area contributed by atoms with Crippen LogP contribution in [0.2, 0.25) is 0 Å². The van der Waals surface area contributed by atoms with Gasteiger partial charge in [0.15, 0.2) is 5.82 Å². The molecule has 1 aliphatic rings. The summed E-state index contributed by atoms with van der Waals surface area (Å²) in [5, 5.41) is 2.90. The predicted molar refractivity (Wildman–Crippen MR) is 137 cm³/mol. The summed E-state index contributed by atoms with van der Waals surface area (Å²) >= 11 is 0. The van der Waals surface area contributed by atoms with Crippen LogP contribution in [0.25, 0.3) is 11.4 Å². The maximum Gasteiger partial charge on any atom is 0.317 e. The summed E-state index contributed by atoms with van der Waals surface area (Å²) in [6.07, 6.45) is 0.650. The van der Waals surface area contributed by atoms with E-state index < -0.39 is 0 Å². The van der Waals surface area contributed by atoms with E-state index in [9.17, 15) is 4.79 Å². The summed E-state index contributed by atoms with van der Waals surface area (Å²) in [4.78, 5) is 26.4. The van der Waals surface area contributed by atoms with Gasteiger partial charge in [-0.25, -0.2) is 14.8 Å². The van der Waals surface area contributed by atoms with E-state index in [1.807, 2.05) is 60.4 Å². The number of rotatable bonds is 8. The zero-order chi connectivity index (χ0) is 24.6. The molecule has 0 spiro atoms. The van der Waals surface area contributed by atoms with Crippen LogP contribution in [-0.2, 0) is 17.8 Å². The first-order valence-electron chi connectivity index (χ1n) is 12.0. The summed E-state index contributed by atoms with van der Waals surface area (Å²) < 4.78 is 11.0. The van der Waals surface area contributed by atoms with Crippen LogP contribution < -0.4 is 15.0 Å². The van der Waals surface area contributed by atoms with Crippen LogP contribution in [0.1, 0.15) is 23.7 Å². The van der Waals surface area contributed by atoms with E-state index in [0.29, 0.717) is 51.6 Å². The van der Waals surface area contributed by atoms with Crippen molar-refractivity contribution < 1.29 is 14.3 Å². The zero-order valence-corrected chi connectivity index (χ0v) is 20.7. The first kappa shape index (κ1) is 24.5. The number of hydrogen-bond acceptors (Lipinski definition) is 6. The lowest BCUT2D eigenvalue weighted by Gasteiger charge is -2.36. The number of amides is 2. The second-order valence-electron chi connectivity index (χ2n) is 8.43. The molecule has 0 radical (unpaired) electrons. The quantitative estimate of drug-likeness (QED) is 0.535. The van der Waals surface area contributed by atoms with E-state index in [1.165, 1.54) is 0 Å². The molecule has 1 aromatic heterocycles. The lowest BCUT2D eigenvalue weighted by Crippen LogP contribution is -2.52. The molecule has 3 aromatic rings. The van der Waals surface area contributed by atoms with E-state index in [1.54, 1.807) is 14.2 Å². The third kappa shape index (κ3) is 5.89. The number of urea groups is 1. The molecule has 0 atom stereocenters. The van der Waals surface area contributed by atoms with Gasteiger partial charge in [0.1, 0.15) is 11.6 Å². The largest absolute Gasteiger partial charge is 0.497 e. The van der Waals surface area contributed by atoms with Crippen LogP contribution >= 0.6 is 0 Å². The van der Waals surface area contributed by atoms with E-state index >= 15 is 0 Å².